The third-order valence-corrected chi connectivity index (χ3v) is 4.19. The summed E-state index contributed by atoms with van der Waals surface area (Å²) in [5.41, 5.74) is -0.458. The molecule has 4 heteroatoms. The fourth-order valence-corrected chi connectivity index (χ4v) is 2.64. The van der Waals surface area contributed by atoms with E-state index in [0.29, 0.717) is 6.61 Å². The van der Waals surface area contributed by atoms with Crippen LogP contribution in [0, 0.1) is 0 Å². The molecule has 0 spiro atoms. The van der Waals surface area contributed by atoms with Gasteiger partial charge >= 0.3 is 0 Å². The molecule has 4 nitrogen and oxygen atoms in total. The van der Waals surface area contributed by atoms with E-state index in [-0.39, 0.29) is 12.7 Å². The Morgan fingerprint density at radius 3 is 2.62 bits per heavy atom. The minimum Gasteiger partial charge on any atom is -0.388 e. The molecule has 1 aromatic carbocycles. The second kappa shape index (κ2) is 6.44. The number of aliphatic hydroxyl groups excluding tert-OH is 1. The van der Waals surface area contributed by atoms with Crippen LogP contribution in [0.25, 0.3) is 0 Å². The van der Waals surface area contributed by atoms with Crippen LogP contribution >= 0.6 is 0 Å². The number of ether oxygens (including phenoxy) is 2. The summed E-state index contributed by atoms with van der Waals surface area (Å²) in [7, 11) is 0. The zero-order valence-electron chi connectivity index (χ0n) is 13.1. The van der Waals surface area contributed by atoms with E-state index in [1.54, 1.807) is 13.8 Å². The van der Waals surface area contributed by atoms with Gasteiger partial charge in [0.2, 0.25) is 0 Å². The molecule has 1 unspecified atom stereocenters. The second-order valence-electron chi connectivity index (χ2n) is 6.63. The van der Waals surface area contributed by atoms with Crippen LogP contribution in [0.4, 0.5) is 0 Å². The molecule has 1 aliphatic rings. The van der Waals surface area contributed by atoms with E-state index in [4.69, 9.17) is 9.47 Å². The molecule has 0 bridgehead atoms. The summed E-state index contributed by atoms with van der Waals surface area (Å²) in [6.07, 6.45) is 0.521. The zero-order valence-corrected chi connectivity index (χ0v) is 13.1. The molecule has 0 radical (unpaired) electrons. The van der Waals surface area contributed by atoms with Crippen molar-refractivity contribution in [1.29, 1.82) is 0 Å². The molecular formula is C17H26O4. The first kappa shape index (κ1) is 16.4. The van der Waals surface area contributed by atoms with Gasteiger partial charge in [-0.15, -0.1) is 0 Å². The van der Waals surface area contributed by atoms with Crippen molar-refractivity contribution in [3.63, 3.8) is 0 Å². The largest absolute Gasteiger partial charge is 0.388 e. The predicted octanol–water partition coefficient (Wildman–Crippen LogP) is 2.27. The van der Waals surface area contributed by atoms with Crippen LogP contribution in [0.15, 0.2) is 30.3 Å². The van der Waals surface area contributed by atoms with Crippen molar-refractivity contribution >= 4 is 0 Å². The number of rotatable bonds is 6. The molecule has 21 heavy (non-hydrogen) atoms. The maximum Gasteiger partial charge on any atom is 0.106 e. The lowest BCUT2D eigenvalue weighted by Crippen LogP contribution is -2.45. The maximum absolute atomic E-state index is 10.3. The topological polar surface area (TPSA) is 58.9 Å². The first-order valence-corrected chi connectivity index (χ1v) is 7.51. The predicted molar refractivity (Wildman–Crippen MR) is 80.9 cm³/mol. The van der Waals surface area contributed by atoms with E-state index < -0.39 is 17.3 Å². The summed E-state index contributed by atoms with van der Waals surface area (Å²) < 4.78 is 11.5. The number of hydrogen-bond donors (Lipinski definition) is 2. The molecule has 1 aliphatic heterocycles. The van der Waals surface area contributed by atoms with Gasteiger partial charge in [-0.1, -0.05) is 30.3 Å². The summed E-state index contributed by atoms with van der Waals surface area (Å²) in [5, 5.41) is 20.4. The molecule has 2 rings (SSSR count). The minimum atomic E-state index is -0.887. The SMILES string of the molecule is CC(C)(O)C1CC[C@@](C)([C@@H](O)COCc2ccccc2)O1. The van der Waals surface area contributed by atoms with E-state index in [1.807, 2.05) is 37.3 Å². The molecule has 0 amide bonds. The van der Waals surface area contributed by atoms with Crippen molar-refractivity contribution in [3.8, 4) is 0 Å². The maximum atomic E-state index is 10.3. The van der Waals surface area contributed by atoms with Crippen molar-refractivity contribution < 1.29 is 19.7 Å². The molecule has 0 saturated carbocycles. The monoisotopic (exact) mass is 294 g/mol. The van der Waals surface area contributed by atoms with E-state index in [9.17, 15) is 10.2 Å². The Labute approximate surface area is 126 Å². The van der Waals surface area contributed by atoms with E-state index in [2.05, 4.69) is 0 Å². The van der Waals surface area contributed by atoms with Gasteiger partial charge in [-0.2, -0.15) is 0 Å². The van der Waals surface area contributed by atoms with Crippen molar-refractivity contribution in [2.24, 2.45) is 0 Å². The van der Waals surface area contributed by atoms with Gasteiger partial charge in [0.1, 0.15) is 6.10 Å². The van der Waals surface area contributed by atoms with Crippen LogP contribution in [-0.4, -0.2) is 40.2 Å². The Bertz CT molecular complexity index is 440. The Hall–Kier alpha value is -0.940. The Balaban J connectivity index is 1.82. The van der Waals surface area contributed by atoms with E-state index in [0.717, 1.165) is 18.4 Å². The fourth-order valence-electron chi connectivity index (χ4n) is 2.64. The highest BCUT2D eigenvalue weighted by Crippen LogP contribution is 2.37. The van der Waals surface area contributed by atoms with Crippen LogP contribution in [-0.2, 0) is 16.1 Å². The Kier molecular flexibility index (Phi) is 5.04. The average molecular weight is 294 g/mol. The molecule has 0 aliphatic carbocycles. The van der Waals surface area contributed by atoms with Crippen LogP contribution in [0.3, 0.4) is 0 Å². The summed E-state index contributed by atoms with van der Waals surface area (Å²) >= 11 is 0. The third-order valence-electron chi connectivity index (χ3n) is 4.19. The van der Waals surface area contributed by atoms with Crippen LogP contribution in [0.2, 0.25) is 0 Å². The number of aliphatic hydroxyl groups is 2. The molecule has 1 fully saturated rings. The quantitative estimate of drug-likeness (QED) is 0.845. The first-order valence-electron chi connectivity index (χ1n) is 7.51. The van der Waals surface area contributed by atoms with Gasteiger partial charge in [0.15, 0.2) is 0 Å². The van der Waals surface area contributed by atoms with Gasteiger partial charge in [-0.25, -0.2) is 0 Å². The lowest BCUT2D eigenvalue weighted by atomic mass is 9.94. The summed E-state index contributed by atoms with van der Waals surface area (Å²) in [6.45, 7) is 6.06. The smallest absolute Gasteiger partial charge is 0.106 e. The highest BCUT2D eigenvalue weighted by molar-refractivity contribution is 5.13. The van der Waals surface area contributed by atoms with E-state index >= 15 is 0 Å². The third kappa shape index (κ3) is 4.27. The highest BCUT2D eigenvalue weighted by atomic mass is 16.6. The number of hydrogen-bond acceptors (Lipinski definition) is 4. The summed E-state index contributed by atoms with van der Waals surface area (Å²) in [6, 6.07) is 9.87. The molecular weight excluding hydrogens is 268 g/mol. The normalized spacial score (nSPS) is 27.8. The minimum absolute atomic E-state index is 0.226. The Morgan fingerprint density at radius 2 is 2.05 bits per heavy atom. The van der Waals surface area contributed by atoms with Crippen molar-refractivity contribution in [2.75, 3.05) is 6.61 Å². The van der Waals surface area contributed by atoms with Gasteiger partial charge in [-0.05, 0) is 39.2 Å². The highest BCUT2D eigenvalue weighted by Gasteiger charge is 2.46. The first-order chi connectivity index (χ1) is 9.81. The van der Waals surface area contributed by atoms with Gasteiger partial charge in [-0.3, -0.25) is 0 Å². The Morgan fingerprint density at radius 1 is 1.38 bits per heavy atom. The molecule has 2 N–H and O–H groups in total. The van der Waals surface area contributed by atoms with Gasteiger partial charge in [0.05, 0.1) is 30.5 Å². The standard InChI is InChI=1S/C17H26O4/c1-16(2,19)15-9-10-17(3,21-15)14(18)12-20-11-13-7-5-4-6-8-13/h4-8,14-15,18-19H,9-12H2,1-3H3/t14-,15?,17-/m0/s1. The van der Waals surface area contributed by atoms with E-state index in [1.165, 1.54) is 0 Å². The molecule has 1 heterocycles. The molecule has 118 valence electrons. The summed E-state index contributed by atoms with van der Waals surface area (Å²) in [4.78, 5) is 0. The molecule has 0 aromatic heterocycles. The number of benzene rings is 1. The molecule has 3 atom stereocenters. The molecule has 1 saturated heterocycles. The van der Waals surface area contributed by atoms with Crippen LogP contribution < -0.4 is 0 Å². The molecule has 1 aromatic rings. The lowest BCUT2D eigenvalue weighted by Gasteiger charge is -2.33. The second-order valence-corrected chi connectivity index (χ2v) is 6.63. The average Bonchev–Trinajstić information content (AvgIpc) is 2.84. The zero-order chi connectivity index (χ0) is 15.5. The summed E-state index contributed by atoms with van der Waals surface area (Å²) in [5.74, 6) is 0. The lowest BCUT2D eigenvalue weighted by molar-refractivity contribution is -0.165. The van der Waals surface area contributed by atoms with Crippen LogP contribution in [0.1, 0.15) is 39.2 Å². The van der Waals surface area contributed by atoms with Crippen LogP contribution in [0.5, 0.6) is 0 Å². The van der Waals surface area contributed by atoms with Crippen molar-refractivity contribution in [1.82, 2.24) is 0 Å². The van der Waals surface area contributed by atoms with Crippen molar-refractivity contribution in [3.05, 3.63) is 35.9 Å². The van der Waals surface area contributed by atoms with Crippen molar-refractivity contribution in [2.45, 2.75) is 63.6 Å². The van der Waals surface area contributed by atoms with Gasteiger partial charge in [0.25, 0.3) is 0 Å². The van der Waals surface area contributed by atoms with Gasteiger partial charge in [0, 0.05) is 0 Å². The van der Waals surface area contributed by atoms with Gasteiger partial charge < -0.3 is 19.7 Å². The fraction of sp³-hybridized carbons (Fsp3) is 0.647.